The van der Waals surface area contributed by atoms with Gasteiger partial charge in [0, 0.05) is 23.2 Å². The summed E-state index contributed by atoms with van der Waals surface area (Å²) in [5.74, 6) is -0.923. The third-order valence-electron chi connectivity index (χ3n) is 2.13. The molecule has 0 bridgehead atoms. The summed E-state index contributed by atoms with van der Waals surface area (Å²) in [6.45, 7) is 0.477. The third kappa shape index (κ3) is 2.10. The van der Waals surface area contributed by atoms with Crippen molar-refractivity contribution in [2.75, 3.05) is 0 Å². The number of thiazole rings is 1. The van der Waals surface area contributed by atoms with Crippen molar-refractivity contribution in [2.24, 2.45) is 5.73 Å². The van der Waals surface area contributed by atoms with Crippen molar-refractivity contribution in [1.29, 1.82) is 0 Å². The second kappa shape index (κ2) is 4.42. The Hall–Kier alpha value is -1.72. The van der Waals surface area contributed by atoms with E-state index in [1.807, 2.05) is 0 Å². The van der Waals surface area contributed by atoms with Crippen molar-refractivity contribution in [2.45, 2.75) is 6.54 Å². The number of nitrogens with two attached hydrogens (primary N) is 1. The maximum atomic E-state index is 10.7. The van der Waals surface area contributed by atoms with Gasteiger partial charge in [-0.3, -0.25) is 0 Å². The highest BCUT2D eigenvalue weighted by Gasteiger charge is 2.06. The van der Waals surface area contributed by atoms with Crippen LogP contribution in [0.25, 0.3) is 10.6 Å². The molecule has 0 aliphatic rings. The molecule has 82 valence electrons. The zero-order valence-corrected chi connectivity index (χ0v) is 9.20. The minimum absolute atomic E-state index is 0.277. The topological polar surface area (TPSA) is 76.2 Å². The highest BCUT2D eigenvalue weighted by Crippen LogP contribution is 2.25. The van der Waals surface area contributed by atoms with Crippen molar-refractivity contribution in [3.8, 4) is 10.6 Å². The van der Waals surface area contributed by atoms with E-state index in [9.17, 15) is 4.79 Å². The van der Waals surface area contributed by atoms with Crippen LogP contribution in [0.5, 0.6) is 0 Å². The molecule has 1 heterocycles. The van der Waals surface area contributed by atoms with Crippen LogP contribution in [0.4, 0.5) is 0 Å². The van der Waals surface area contributed by atoms with Crippen LogP contribution >= 0.6 is 11.3 Å². The van der Waals surface area contributed by atoms with Gasteiger partial charge in [-0.1, -0.05) is 12.1 Å². The van der Waals surface area contributed by atoms with Gasteiger partial charge in [-0.05, 0) is 12.1 Å². The van der Waals surface area contributed by atoms with E-state index in [0.717, 1.165) is 15.4 Å². The lowest BCUT2D eigenvalue weighted by atomic mass is 10.1. The average Bonchev–Trinajstić information content (AvgIpc) is 2.77. The molecule has 0 atom stereocenters. The average molecular weight is 234 g/mol. The zero-order chi connectivity index (χ0) is 11.5. The van der Waals surface area contributed by atoms with E-state index >= 15 is 0 Å². The molecule has 1 aromatic heterocycles. The monoisotopic (exact) mass is 234 g/mol. The minimum Gasteiger partial charge on any atom is -0.478 e. The van der Waals surface area contributed by atoms with Gasteiger partial charge in [0.15, 0.2) is 0 Å². The van der Waals surface area contributed by atoms with Gasteiger partial charge in [0.05, 0.1) is 5.56 Å². The Morgan fingerprint density at radius 2 is 2.06 bits per heavy atom. The van der Waals surface area contributed by atoms with E-state index in [-0.39, 0.29) is 5.56 Å². The van der Waals surface area contributed by atoms with Crippen LogP contribution in [0.2, 0.25) is 0 Å². The second-order valence-corrected chi connectivity index (χ2v) is 4.33. The smallest absolute Gasteiger partial charge is 0.335 e. The first-order valence-electron chi connectivity index (χ1n) is 4.69. The zero-order valence-electron chi connectivity index (χ0n) is 8.38. The number of aromatic nitrogens is 1. The first-order valence-corrected chi connectivity index (χ1v) is 5.51. The van der Waals surface area contributed by atoms with Crippen molar-refractivity contribution < 1.29 is 9.90 Å². The fourth-order valence-electron chi connectivity index (χ4n) is 1.29. The Labute approximate surface area is 96.4 Å². The molecule has 0 fully saturated rings. The molecule has 4 nitrogen and oxygen atoms in total. The molecule has 0 radical (unpaired) electrons. The quantitative estimate of drug-likeness (QED) is 0.851. The lowest BCUT2D eigenvalue weighted by molar-refractivity contribution is 0.0697. The molecule has 2 aromatic rings. The van der Waals surface area contributed by atoms with Crippen molar-refractivity contribution in [3.05, 3.63) is 40.9 Å². The molecule has 2 rings (SSSR count). The predicted molar refractivity (Wildman–Crippen MR) is 62.4 cm³/mol. The summed E-state index contributed by atoms with van der Waals surface area (Å²) in [5.41, 5.74) is 6.69. The predicted octanol–water partition coefficient (Wildman–Crippen LogP) is 1.97. The van der Waals surface area contributed by atoms with E-state index < -0.39 is 5.97 Å². The van der Waals surface area contributed by atoms with Gasteiger partial charge < -0.3 is 10.8 Å². The lowest BCUT2D eigenvalue weighted by Crippen LogP contribution is -1.94. The standard InChI is InChI=1S/C11H10N2O2S/c12-5-9-6-13-10(16-9)7-1-3-8(4-2-7)11(14)15/h1-4,6H,5,12H2,(H,14,15). The van der Waals surface area contributed by atoms with E-state index in [0.29, 0.717) is 6.54 Å². The van der Waals surface area contributed by atoms with Gasteiger partial charge in [-0.2, -0.15) is 0 Å². The minimum atomic E-state index is -0.923. The Morgan fingerprint density at radius 3 is 2.56 bits per heavy atom. The van der Waals surface area contributed by atoms with Crippen LogP contribution in [0.3, 0.4) is 0 Å². The largest absolute Gasteiger partial charge is 0.478 e. The number of nitrogens with zero attached hydrogens (tertiary/aromatic N) is 1. The van der Waals surface area contributed by atoms with E-state index in [2.05, 4.69) is 4.98 Å². The summed E-state index contributed by atoms with van der Waals surface area (Å²) >= 11 is 1.52. The van der Waals surface area contributed by atoms with Crippen molar-refractivity contribution in [3.63, 3.8) is 0 Å². The van der Waals surface area contributed by atoms with Gasteiger partial charge in [-0.15, -0.1) is 11.3 Å². The first kappa shape index (κ1) is 10.8. The molecule has 3 N–H and O–H groups in total. The third-order valence-corrected chi connectivity index (χ3v) is 3.20. The molecule has 5 heteroatoms. The number of carbonyl (C=O) groups is 1. The molecule has 0 amide bonds. The lowest BCUT2D eigenvalue weighted by Gasteiger charge is -1.97. The van der Waals surface area contributed by atoms with Crippen LogP contribution in [-0.4, -0.2) is 16.1 Å². The van der Waals surface area contributed by atoms with E-state index in [1.54, 1.807) is 30.5 Å². The van der Waals surface area contributed by atoms with Crippen LogP contribution in [0, 0.1) is 0 Å². The second-order valence-electron chi connectivity index (χ2n) is 3.22. The number of aromatic carboxylic acids is 1. The fraction of sp³-hybridized carbons (Fsp3) is 0.0909. The molecular weight excluding hydrogens is 224 g/mol. The van der Waals surface area contributed by atoms with Crippen LogP contribution < -0.4 is 5.73 Å². The summed E-state index contributed by atoms with van der Waals surface area (Å²) < 4.78 is 0. The SMILES string of the molecule is NCc1cnc(-c2ccc(C(=O)O)cc2)s1. The highest BCUT2D eigenvalue weighted by molar-refractivity contribution is 7.15. The molecule has 0 unspecified atom stereocenters. The molecule has 16 heavy (non-hydrogen) atoms. The Balaban J connectivity index is 2.30. The van der Waals surface area contributed by atoms with E-state index in [1.165, 1.54) is 11.3 Å². The summed E-state index contributed by atoms with van der Waals surface area (Å²) in [4.78, 5) is 15.9. The van der Waals surface area contributed by atoms with Gasteiger partial charge in [0.2, 0.25) is 0 Å². The Kier molecular flexibility index (Phi) is 2.98. The number of carboxylic acid groups (broad SMARTS) is 1. The fourth-order valence-corrected chi connectivity index (χ4v) is 2.09. The van der Waals surface area contributed by atoms with Crippen LogP contribution in [-0.2, 0) is 6.54 Å². The molecule has 1 aromatic carbocycles. The summed E-state index contributed by atoms with van der Waals surface area (Å²) in [6.07, 6.45) is 1.74. The Bertz CT molecular complexity index is 505. The van der Waals surface area contributed by atoms with Crippen molar-refractivity contribution in [1.82, 2.24) is 4.98 Å². The number of hydrogen-bond acceptors (Lipinski definition) is 4. The van der Waals surface area contributed by atoms with Crippen molar-refractivity contribution >= 4 is 17.3 Å². The summed E-state index contributed by atoms with van der Waals surface area (Å²) in [7, 11) is 0. The molecule has 0 aliphatic carbocycles. The maximum absolute atomic E-state index is 10.7. The van der Waals surface area contributed by atoms with Gasteiger partial charge in [0.25, 0.3) is 0 Å². The van der Waals surface area contributed by atoms with Crippen LogP contribution in [0.1, 0.15) is 15.2 Å². The van der Waals surface area contributed by atoms with E-state index in [4.69, 9.17) is 10.8 Å². The van der Waals surface area contributed by atoms with Crippen LogP contribution in [0.15, 0.2) is 30.5 Å². The summed E-state index contributed by atoms with van der Waals surface area (Å²) in [5, 5.41) is 9.62. The Morgan fingerprint density at radius 1 is 1.38 bits per heavy atom. The normalized spacial score (nSPS) is 10.3. The van der Waals surface area contributed by atoms with Gasteiger partial charge in [0.1, 0.15) is 5.01 Å². The number of benzene rings is 1. The summed E-state index contributed by atoms with van der Waals surface area (Å²) in [6, 6.07) is 6.65. The molecule has 0 saturated carbocycles. The number of hydrogen-bond donors (Lipinski definition) is 2. The molecule has 0 spiro atoms. The van der Waals surface area contributed by atoms with Gasteiger partial charge >= 0.3 is 5.97 Å². The number of carboxylic acids is 1. The first-order chi connectivity index (χ1) is 7.70. The van der Waals surface area contributed by atoms with Gasteiger partial charge in [-0.25, -0.2) is 9.78 Å². The molecular formula is C11H10N2O2S. The highest BCUT2D eigenvalue weighted by atomic mass is 32.1. The molecule has 0 saturated heterocycles. The maximum Gasteiger partial charge on any atom is 0.335 e. The number of rotatable bonds is 3. The molecule has 0 aliphatic heterocycles.